The van der Waals surface area contributed by atoms with Gasteiger partial charge < -0.3 is 5.32 Å². The van der Waals surface area contributed by atoms with Crippen LogP contribution in [0.15, 0.2) is 72.3 Å². The van der Waals surface area contributed by atoms with E-state index in [9.17, 15) is 22.4 Å². The molecule has 8 heteroatoms. The van der Waals surface area contributed by atoms with E-state index in [4.69, 9.17) is 0 Å². The van der Waals surface area contributed by atoms with Crippen LogP contribution in [0.4, 0.5) is 10.1 Å². The van der Waals surface area contributed by atoms with Crippen molar-refractivity contribution in [1.82, 2.24) is 4.31 Å². The lowest BCUT2D eigenvalue weighted by molar-refractivity contribution is -0.122. The molecular weight excluding hydrogens is 455 g/mol. The van der Waals surface area contributed by atoms with Gasteiger partial charge in [0.15, 0.2) is 0 Å². The molecule has 0 bridgehead atoms. The molecule has 0 unspecified atom stereocenters. The molecule has 3 aromatic carbocycles. The van der Waals surface area contributed by atoms with E-state index in [0.717, 1.165) is 15.4 Å². The lowest BCUT2D eigenvalue weighted by Crippen LogP contribution is -2.30. The number of nitrogens with one attached hydrogen (secondary N) is 1. The van der Waals surface area contributed by atoms with Crippen LogP contribution in [0.5, 0.6) is 0 Å². The van der Waals surface area contributed by atoms with Gasteiger partial charge >= 0.3 is 0 Å². The number of sulfonamides is 1. The lowest BCUT2D eigenvalue weighted by Gasteiger charge is -2.17. The Kier molecular flexibility index (Phi) is 6.10. The van der Waals surface area contributed by atoms with Crippen LogP contribution < -0.4 is 5.32 Å². The molecule has 0 saturated carbocycles. The van der Waals surface area contributed by atoms with Gasteiger partial charge in [-0.3, -0.25) is 9.59 Å². The van der Waals surface area contributed by atoms with Gasteiger partial charge in [0.05, 0.1) is 6.54 Å². The molecule has 174 valence electrons. The number of benzene rings is 3. The van der Waals surface area contributed by atoms with Crippen molar-refractivity contribution in [1.29, 1.82) is 0 Å². The SMILES string of the molecule is CC1=C(c2ccc(C)c(C)c2)S(=O)(=O)N(Cc2ccc(C(=O)Nc3cccc(F)c3)cc2)C1=O. The Morgan fingerprint density at radius 1 is 0.941 bits per heavy atom. The quantitative estimate of drug-likeness (QED) is 0.571. The standard InChI is InChI=1S/C26H23FN2O4S/c1-16-7-10-21(13-17(16)2)24-18(3)26(31)29(34(24,32)33)15-19-8-11-20(12-9-19)25(30)28-23-6-4-5-22(27)14-23/h4-14H,15H2,1-3H3,(H,28,30). The van der Waals surface area contributed by atoms with Crippen molar-refractivity contribution in [2.45, 2.75) is 27.3 Å². The molecule has 1 heterocycles. The lowest BCUT2D eigenvalue weighted by atomic mass is 10.0. The second-order valence-corrected chi connectivity index (χ2v) is 10.0. The molecule has 3 aromatic rings. The maximum Gasteiger partial charge on any atom is 0.268 e. The maximum atomic E-state index is 13.3. The van der Waals surface area contributed by atoms with Gasteiger partial charge in [0.2, 0.25) is 0 Å². The first-order valence-electron chi connectivity index (χ1n) is 10.6. The van der Waals surface area contributed by atoms with Crippen molar-refractivity contribution >= 4 is 32.4 Å². The van der Waals surface area contributed by atoms with Crippen LogP contribution in [0.3, 0.4) is 0 Å². The molecule has 0 saturated heterocycles. The number of halogens is 1. The minimum atomic E-state index is -4.03. The van der Waals surface area contributed by atoms with Gasteiger partial charge in [0.25, 0.3) is 21.8 Å². The number of amides is 2. The molecule has 0 fully saturated rings. The van der Waals surface area contributed by atoms with Crippen molar-refractivity contribution in [3.8, 4) is 0 Å². The highest BCUT2D eigenvalue weighted by molar-refractivity contribution is 7.99. The highest BCUT2D eigenvalue weighted by Gasteiger charge is 2.42. The summed E-state index contributed by atoms with van der Waals surface area (Å²) in [5.41, 5.74) is 3.81. The van der Waals surface area contributed by atoms with Gasteiger partial charge in [-0.1, -0.05) is 36.4 Å². The molecule has 0 radical (unpaired) electrons. The molecule has 0 spiro atoms. The van der Waals surface area contributed by atoms with E-state index in [2.05, 4.69) is 5.32 Å². The van der Waals surface area contributed by atoms with Gasteiger partial charge in [-0.25, -0.2) is 17.1 Å². The molecule has 0 aliphatic carbocycles. The van der Waals surface area contributed by atoms with Crippen LogP contribution in [-0.2, 0) is 21.4 Å². The van der Waals surface area contributed by atoms with Crippen LogP contribution in [0, 0.1) is 19.7 Å². The first-order chi connectivity index (χ1) is 16.1. The number of anilines is 1. The predicted octanol–water partition coefficient (Wildman–Crippen LogP) is 4.80. The van der Waals surface area contributed by atoms with Crippen LogP contribution >= 0.6 is 0 Å². The topological polar surface area (TPSA) is 83.6 Å². The zero-order valence-corrected chi connectivity index (χ0v) is 19.7. The van der Waals surface area contributed by atoms with Crippen molar-refractivity contribution in [3.05, 3.63) is 106 Å². The number of aryl methyl sites for hydroxylation is 2. The average Bonchev–Trinajstić information content (AvgIpc) is 2.95. The fourth-order valence-corrected chi connectivity index (χ4v) is 5.59. The third-order valence-corrected chi connectivity index (χ3v) is 7.76. The minimum Gasteiger partial charge on any atom is -0.322 e. The third kappa shape index (κ3) is 4.36. The van der Waals surface area contributed by atoms with E-state index in [1.807, 2.05) is 19.9 Å². The van der Waals surface area contributed by atoms with Crippen molar-refractivity contribution in [2.75, 3.05) is 5.32 Å². The summed E-state index contributed by atoms with van der Waals surface area (Å²) in [5.74, 6) is -1.47. The second kappa shape index (κ2) is 8.87. The summed E-state index contributed by atoms with van der Waals surface area (Å²) in [4.78, 5) is 25.3. The summed E-state index contributed by atoms with van der Waals surface area (Å²) in [5, 5.41) is 2.60. The van der Waals surface area contributed by atoms with E-state index in [1.54, 1.807) is 30.3 Å². The highest BCUT2D eigenvalue weighted by atomic mass is 32.2. The van der Waals surface area contributed by atoms with E-state index in [-0.39, 0.29) is 17.0 Å². The van der Waals surface area contributed by atoms with Gasteiger partial charge in [-0.15, -0.1) is 0 Å². The number of hydrogen-bond donors (Lipinski definition) is 1. The molecule has 0 atom stereocenters. The number of carbonyl (C=O) groups excluding carboxylic acids is 2. The molecule has 0 aromatic heterocycles. The number of carbonyl (C=O) groups is 2. The van der Waals surface area contributed by atoms with E-state index < -0.39 is 27.7 Å². The zero-order valence-electron chi connectivity index (χ0n) is 18.9. The van der Waals surface area contributed by atoms with Crippen molar-refractivity contribution < 1.29 is 22.4 Å². The third-order valence-electron chi connectivity index (χ3n) is 5.83. The summed E-state index contributed by atoms with van der Waals surface area (Å²) in [6.45, 7) is 5.19. The summed E-state index contributed by atoms with van der Waals surface area (Å²) >= 11 is 0. The van der Waals surface area contributed by atoms with Crippen LogP contribution in [-0.4, -0.2) is 24.5 Å². The van der Waals surface area contributed by atoms with Crippen molar-refractivity contribution in [2.24, 2.45) is 0 Å². The molecule has 34 heavy (non-hydrogen) atoms. The minimum absolute atomic E-state index is 0.0201. The molecular formula is C26H23FN2O4S. The first-order valence-corrected chi connectivity index (χ1v) is 12.0. The van der Waals surface area contributed by atoms with Crippen LogP contribution in [0.1, 0.15) is 39.5 Å². The Labute approximate surface area is 197 Å². The van der Waals surface area contributed by atoms with E-state index in [1.165, 1.54) is 37.3 Å². The Balaban J connectivity index is 1.53. The van der Waals surface area contributed by atoms with E-state index in [0.29, 0.717) is 22.4 Å². The highest BCUT2D eigenvalue weighted by Crippen LogP contribution is 2.37. The smallest absolute Gasteiger partial charge is 0.268 e. The molecule has 6 nitrogen and oxygen atoms in total. The number of hydrogen-bond acceptors (Lipinski definition) is 4. The normalized spacial score (nSPS) is 15.1. The summed E-state index contributed by atoms with van der Waals surface area (Å²) in [6.07, 6.45) is 0. The first kappa shape index (κ1) is 23.4. The molecule has 4 rings (SSSR count). The fourth-order valence-electron chi connectivity index (χ4n) is 3.80. The Morgan fingerprint density at radius 3 is 2.29 bits per heavy atom. The Hall–Kier alpha value is -3.78. The van der Waals surface area contributed by atoms with Gasteiger partial charge in [0, 0.05) is 16.8 Å². The Morgan fingerprint density at radius 2 is 1.65 bits per heavy atom. The fraction of sp³-hybridized carbons (Fsp3) is 0.154. The molecule has 1 aliphatic heterocycles. The molecule has 1 N–H and O–H groups in total. The van der Waals surface area contributed by atoms with E-state index >= 15 is 0 Å². The average molecular weight is 479 g/mol. The van der Waals surface area contributed by atoms with Gasteiger partial charge in [-0.2, -0.15) is 0 Å². The van der Waals surface area contributed by atoms with Gasteiger partial charge in [-0.05, 0) is 73.4 Å². The predicted molar refractivity (Wildman–Crippen MR) is 129 cm³/mol. The van der Waals surface area contributed by atoms with Crippen molar-refractivity contribution in [3.63, 3.8) is 0 Å². The number of rotatable bonds is 5. The monoisotopic (exact) mass is 478 g/mol. The summed E-state index contributed by atoms with van der Waals surface area (Å²) in [6, 6.07) is 17.1. The summed E-state index contributed by atoms with van der Waals surface area (Å²) in [7, 11) is -4.03. The van der Waals surface area contributed by atoms with Gasteiger partial charge in [0.1, 0.15) is 10.7 Å². The second-order valence-electron chi connectivity index (χ2n) is 8.23. The summed E-state index contributed by atoms with van der Waals surface area (Å²) < 4.78 is 40.7. The molecule has 1 aliphatic rings. The van der Waals surface area contributed by atoms with Crippen LogP contribution in [0.2, 0.25) is 0 Å². The Bertz CT molecular complexity index is 1440. The maximum absolute atomic E-state index is 13.3. The largest absolute Gasteiger partial charge is 0.322 e. The molecule has 2 amide bonds. The zero-order chi connectivity index (χ0) is 24.6. The number of nitrogens with zero attached hydrogens (tertiary/aromatic N) is 1. The van der Waals surface area contributed by atoms with Crippen LogP contribution in [0.25, 0.3) is 4.91 Å².